The Morgan fingerprint density at radius 3 is 2.35 bits per heavy atom. The number of nitrogens with two attached hydrogens (primary N) is 1. The summed E-state index contributed by atoms with van der Waals surface area (Å²) in [4.78, 5) is 1.28. The summed E-state index contributed by atoms with van der Waals surface area (Å²) < 4.78 is 0. The first-order chi connectivity index (χ1) is 8.15. The Bertz CT molecular complexity index is 547. The number of hydrogen-bond acceptors (Lipinski definition) is 2. The summed E-state index contributed by atoms with van der Waals surface area (Å²) in [6, 6.07) is 12.5. The zero-order valence-electron chi connectivity index (χ0n) is 10.4. The predicted molar refractivity (Wildman–Crippen MR) is 77.5 cm³/mol. The van der Waals surface area contributed by atoms with Crippen molar-refractivity contribution in [2.45, 2.75) is 18.7 Å². The van der Waals surface area contributed by atoms with E-state index >= 15 is 0 Å². The summed E-state index contributed by atoms with van der Waals surface area (Å²) in [5, 5.41) is 0. The van der Waals surface area contributed by atoms with E-state index in [4.69, 9.17) is 5.73 Å². The van der Waals surface area contributed by atoms with Crippen LogP contribution < -0.4 is 5.73 Å². The molecule has 0 aliphatic heterocycles. The molecule has 2 aromatic rings. The van der Waals surface area contributed by atoms with Crippen LogP contribution in [0.25, 0.3) is 11.1 Å². The first-order valence-electron chi connectivity index (χ1n) is 5.64. The SMILES string of the molecule is CSc1ccc(N)c(C)c1-c1ccccc1C. The van der Waals surface area contributed by atoms with Gasteiger partial charge in [0.15, 0.2) is 0 Å². The van der Waals surface area contributed by atoms with Gasteiger partial charge in [0.05, 0.1) is 0 Å². The van der Waals surface area contributed by atoms with Gasteiger partial charge in [0.25, 0.3) is 0 Å². The van der Waals surface area contributed by atoms with E-state index in [1.807, 2.05) is 6.07 Å². The molecule has 0 saturated carbocycles. The Hall–Kier alpha value is -1.41. The van der Waals surface area contributed by atoms with Crippen molar-refractivity contribution in [3.05, 3.63) is 47.5 Å². The van der Waals surface area contributed by atoms with Crippen LogP contribution in [0.5, 0.6) is 0 Å². The molecule has 2 aromatic carbocycles. The Labute approximate surface area is 107 Å². The maximum Gasteiger partial charge on any atom is 0.0350 e. The molecule has 1 nitrogen and oxygen atoms in total. The van der Waals surface area contributed by atoms with E-state index in [2.05, 4.69) is 50.4 Å². The second-order valence-corrected chi connectivity index (χ2v) is 5.02. The lowest BCUT2D eigenvalue weighted by atomic mass is 9.96. The van der Waals surface area contributed by atoms with E-state index in [1.165, 1.54) is 27.1 Å². The van der Waals surface area contributed by atoms with E-state index in [0.29, 0.717) is 0 Å². The molecule has 17 heavy (non-hydrogen) atoms. The fourth-order valence-corrected chi connectivity index (χ4v) is 2.73. The maximum atomic E-state index is 6.02. The summed E-state index contributed by atoms with van der Waals surface area (Å²) in [6.45, 7) is 4.24. The van der Waals surface area contributed by atoms with Gasteiger partial charge in [0, 0.05) is 16.1 Å². The number of anilines is 1. The van der Waals surface area contributed by atoms with Crippen molar-refractivity contribution >= 4 is 17.4 Å². The van der Waals surface area contributed by atoms with Gasteiger partial charge in [-0.2, -0.15) is 0 Å². The van der Waals surface area contributed by atoms with Crippen molar-refractivity contribution in [1.82, 2.24) is 0 Å². The largest absolute Gasteiger partial charge is 0.398 e. The minimum absolute atomic E-state index is 0.862. The third-order valence-corrected chi connectivity index (χ3v) is 3.88. The molecule has 0 saturated heterocycles. The van der Waals surface area contributed by atoms with Gasteiger partial charge in [-0.1, -0.05) is 24.3 Å². The van der Waals surface area contributed by atoms with Crippen LogP contribution in [0, 0.1) is 13.8 Å². The molecular formula is C15H17NS. The highest BCUT2D eigenvalue weighted by atomic mass is 32.2. The highest BCUT2D eigenvalue weighted by Gasteiger charge is 2.11. The maximum absolute atomic E-state index is 6.02. The molecule has 0 radical (unpaired) electrons. The molecule has 0 heterocycles. The molecule has 0 aliphatic rings. The highest BCUT2D eigenvalue weighted by molar-refractivity contribution is 7.98. The lowest BCUT2D eigenvalue weighted by Gasteiger charge is -2.15. The van der Waals surface area contributed by atoms with Crippen LogP contribution in [0.15, 0.2) is 41.3 Å². The van der Waals surface area contributed by atoms with E-state index in [9.17, 15) is 0 Å². The summed E-state index contributed by atoms with van der Waals surface area (Å²) >= 11 is 1.77. The van der Waals surface area contributed by atoms with Crippen molar-refractivity contribution in [2.75, 3.05) is 12.0 Å². The Morgan fingerprint density at radius 2 is 1.71 bits per heavy atom. The normalized spacial score (nSPS) is 10.5. The number of rotatable bonds is 2. The molecule has 88 valence electrons. The molecule has 0 amide bonds. The Morgan fingerprint density at radius 1 is 1.00 bits per heavy atom. The van der Waals surface area contributed by atoms with Gasteiger partial charge in [-0.05, 0) is 48.9 Å². The Balaban J connectivity index is 2.74. The van der Waals surface area contributed by atoms with Crippen LogP contribution in [0.3, 0.4) is 0 Å². The van der Waals surface area contributed by atoms with Crippen molar-refractivity contribution in [3.8, 4) is 11.1 Å². The van der Waals surface area contributed by atoms with E-state index in [-0.39, 0.29) is 0 Å². The molecule has 0 aliphatic carbocycles. The fraction of sp³-hybridized carbons (Fsp3) is 0.200. The second-order valence-electron chi connectivity index (χ2n) is 4.17. The van der Waals surface area contributed by atoms with Crippen molar-refractivity contribution in [3.63, 3.8) is 0 Å². The van der Waals surface area contributed by atoms with Crippen LogP contribution in [0.2, 0.25) is 0 Å². The topological polar surface area (TPSA) is 26.0 Å². The number of nitrogen functional groups attached to an aromatic ring is 1. The number of benzene rings is 2. The molecule has 0 fully saturated rings. The average Bonchev–Trinajstić information content (AvgIpc) is 2.34. The van der Waals surface area contributed by atoms with Crippen LogP contribution in [-0.2, 0) is 0 Å². The fourth-order valence-electron chi connectivity index (χ4n) is 2.06. The van der Waals surface area contributed by atoms with Crippen LogP contribution in [0.1, 0.15) is 11.1 Å². The average molecular weight is 243 g/mol. The number of aryl methyl sites for hydroxylation is 1. The first kappa shape index (κ1) is 12.1. The molecule has 0 bridgehead atoms. The summed E-state index contributed by atoms with van der Waals surface area (Å²) in [5.74, 6) is 0. The second kappa shape index (κ2) is 4.84. The summed E-state index contributed by atoms with van der Waals surface area (Å²) in [6.07, 6.45) is 2.10. The molecule has 2 N–H and O–H groups in total. The minimum atomic E-state index is 0.862. The quantitative estimate of drug-likeness (QED) is 0.629. The van der Waals surface area contributed by atoms with Crippen LogP contribution in [0.4, 0.5) is 5.69 Å². The van der Waals surface area contributed by atoms with Gasteiger partial charge in [-0.3, -0.25) is 0 Å². The smallest absolute Gasteiger partial charge is 0.0350 e. The van der Waals surface area contributed by atoms with Gasteiger partial charge in [0.2, 0.25) is 0 Å². The highest BCUT2D eigenvalue weighted by Crippen LogP contribution is 2.37. The third-order valence-electron chi connectivity index (χ3n) is 3.10. The zero-order valence-corrected chi connectivity index (χ0v) is 11.3. The van der Waals surface area contributed by atoms with E-state index < -0.39 is 0 Å². The van der Waals surface area contributed by atoms with Crippen LogP contribution in [-0.4, -0.2) is 6.26 Å². The standard InChI is InChI=1S/C15H17NS/c1-10-6-4-5-7-12(10)15-11(2)13(16)8-9-14(15)17-3/h4-9H,16H2,1-3H3. The van der Waals surface area contributed by atoms with Gasteiger partial charge < -0.3 is 5.73 Å². The molecule has 0 spiro atoms. The molecule has 0 unspecified atom stereocenters. The molecule has 0 atom stereocenters. The number of hydrogen-bond donors (Lipinski definition) is 1. The van der Waals surface area contributed by atoms with Crippen molar-refractivity contribution < 1.29 is 0 Å². The molecule has 2 rings (SSSR count). The summed E-state index contributed by atoms with van der Waals surface area (Å²) in [7, 11) is 0. The lowest BCUT2D eigenvalue weighted by Crippen LogP contribution is -1.95. The first-order valence-corrected chi connectivity index (χ1v) is 6.86. The molecular weight excluding hydrogens is 226 g/mol. The monoisotopic (exact) mass is 243 g/mol. The van der Waals surface area contributed by atoms with Gasteiger partial charge >= 0.3 is 0 Å². The van der Waals surface area contributed by atoms with Crippen molar-refractivity contribution in [2.24, 2.45) is 0 Å². The summed E-state index contributed by atoms with van der Waals surface area (Å²) in [5.41, 5.74) is 11.9. The Kier molecular flexibility index (Phi) is 3.43. The van der Waals surface area contributed by atoms with E-state index in [0.717, 1.165) is 5.69 Å². The molecule has 0 aromatic heterocycles. The minimum Gasteiger partial charge on any atom is -0.398 e. The van der Waals surface area contributed by atoms with Gasteiger partial charge in [0.1, 0.15) is 0 Å². The van der Waals surface area contributed by atoms with Crippen LogP contribution >= 0.6 is 11.8 Å². The number of thioether (sulfide) groups is 1. The molecule has 2 heteroatoms. The predicted octanol–water partition coefficient (Wildman–Crippen LogP) is 4.27. The van der Waals surface area contributed by atoms with Crippen molar-refractivity contribution in [1.29, 1.82) is 0 Å². The lowest BCUT2D eigenvalue weighted by molar-refractivity contribution is 1.33. The zero-order chi connectivity index (χ0) is 12.4. The van der Waals surface area contributed by atoms with Gasteiger partial charge in [-0.25, -0.2) is 0 Å². The van der Waals surface area contributed by atoms with Gasteiger partial charge in [-0.15, -0.1) is 11.8 Å². The third kappa shape index (κ3) is 2.18. The van der Waals surface area contributed by atoms with E-state index in [1.54, 1.807) is 11.8 Å².